The van der Waals surface area contributed by atoms with Crippen LogP contribution < -0.4 is 5.32 Å². The lowest BCUT2D eigenvalue weighted by atomic mass is 9.66. The Balaban J connectivity index is 1.56. The van der Waals surface area contributed by atoms with Gasteiger partial charge in [-0.25, -0.2) is 0 Å². The molecule has 1 N–H and O–H groups in total. The number of hydrogen-bond donors (Lipinski definition) is 1. The molecule has 2 aromatic carbocycles. The van der Waals surface area contributed by atoms with E-state index in [0.717, 1.165) is 33.5 Å². The van der Waals surface area contributed by atoms with Crippen molar-refractivity contribution >= 4 is 29.9 Å². The van der Waals surface area contributed by atoms with Crippen molar-refractivity contribution in [3.63, 3.8) is 0 Å². The molecule has 1 aromatic heterocycles. The minimum Gasteiger partial charge on any atom is -0.460 e. The lowest BCUT2D eigenvalue weighted by Crippen LogP contribution is -2.41. The smallest absolute Gasteiger partial charge is 0.460 e. The third kappa shape index (κ3) is 2.29. The summed E-state index contributed by atoms with van der Waals surface area (Å²) in [7, 11) is -0.392. The zero-order valence-electron chi connectivity index (χ0n) is 17.2. The zero-order valence-corrected chi connectivity index (χ0v) is 17.2. The fraction of sp³-hybridized carbons (Fsp3) is 0.333. The van der Waals surface area contributed by atoms with Gasteiger partial charge in [-0.2, -0.15) is 0 Å². The van der Waals surface area contributed by atoms with Gasteiger partial charge in [0.15, 0.2) is 0 Å². The number of nitrogens with one attached hydrogen (secondary N) is 1. The molecule has 2 aliphatic heterocycles. The molecule has 6 rings (SSSR count). The molecule has 3 aliphatic rings. The van der Waals surface area contributed by atoms with Crippen LogP contribution in [-0.2, 0) is 9.31 Å². The van der Waals surface area contributed by atoms with E-state index in [1.54, 1.807) is 0 Å². The van der Waals surface area contributed by atoms with Crippen LogP contribution in [0.2, 0.25) is 0 Å². The number of anilines is 1. The molecule has 146 valence electrons. The van der Waals surface area contributed by atoms with Gasteiger partial charge in [0.25, 0.3) is 0 Å². The number of fused-ring (bicyclic) bond motifs is 7. The Bertz CT molecular complexity index is 1160. The molecule has 1 saturated heterocycles. The first-order valence-corrected chi connectivity index (χ1v) is 10.3. The number of rotatable bonds is 1. The second-order valence-electron chi connectivity index (χ2n) is 9.30. The summed E-state index contributed by atoms with van der Waals surface area (Å²) in [5.74, 6) is 1.13. The van der Waals surface area contributed by atoms with Gasteiger partial charge in [0.1, 0.15) is 11.3 Å². The van der Waals surface area contributed by atoms with Crippen molar-refractivity contribution in [1.82, 2.24) is 0 Å². The van der Waals surface area contributed by atoms with Gasteiger partial charge < -0.3 is 19.0 Å². The van der Waals surface area contributed by atoms with Crippen LogP contribution >= 0.6 is 0 Å². The van der Waals surface area contributed by atoms with Crippen LogP contribution in [0, 0.1) is 0 Å². The average Bonchev–Trinajstić information content (AvgIpc) is 3.30. The molecule has 2 atom stereocenters. The third-order valence-corrected chi connectivity index (χ3v) is 7.08. The van der Waals surface area contributed by atoms with E-state index in [9.17, 15) is 0 Å². The van der Waals surface area contributed by atoms with E-state index in [1.807, 2.05) is 12.1 Å². The molecule has 0 saturated carbocycles. The van der Waals surface area contributed by atoms with Crippen molar-refractivity contribution in [1.29, 1.82) is 0 Å². The lowest BCUT2D eigenvalue weighted by molar-refractivity contribution is 0.00578. The summed E-state index contributed by atoms with van der Waals surface area (Å²) >= 11 is 0. The fourth-order valence-electron chi connectivity index (χ4n) is 4.81. The summed E-state index contributed by atoms with van der Waals surface area (Å²) in [4.78, 5) is 0. The average molecular weight is 385 g/mol. The summed E-state index contributed by atoms with van der Waals surface area (Å²) in [6, 6.07) is 16.8. The molecule has 0 radical (unpaired) electrons. The van der Waals surface area contributed by atoms with Crippen molar-refractivity contribution in [3.8, 4) is 0 Å². The summed E-state index contributed by atoms with van der Waals surface area (Å²) in [6.07, 6.45) is 2.23. The SMILES string of the molecule is CC1(C)OB(C2=Cc3c(oc4ccccc34)C3c4ccccc4NC23)OC1(C)C. The lowest BCUT2D eigenvalue weighted by Gasteiger charge is -2.32. The van der Waals surface area contributed by atoms with Gasteiger partial charge in [0.05, 0.1) is 23.2 Å². The van der Waals surface area contributed by atoms with Gasteiger partial charge >= 0.3 is 7.12 Å². The Morgan fingerprint density at radius 3 is 2.38 bits per heavy atom. The first kappa shape index (κ1) is 17.4. The fourth-order valence-corrected chi connectivity index (χ4v) is 4.81. The Labute approximate surface area is 171 Å². The van der Waals surface area contributed by atoms with Crippen LogP contribution in [0.15, 0.2) is 58.4 Å². The van der Waals surface area contributed by atoms with Crippen LogP contribution in [0.3, 0.4) is 0 Å². The number of hydrogen-bond acceptors (Lipinski definition) is 4. The number of para-hydroxylation sites is 2. The molecule has 3 aromatic rings. The van der Waals surface area contributed by atoms with E-state index >= 15 is 0 Å². The molecule has 5 heteroatoms. The standard InChI is InChI=1S/C24H24BNO3/c1-23(2)24(3,4)29-25(28-23)17-13-16-14-9-6-8-12-19(14)27-22(16)20-15-10-5-7-11-18(15)26-21(17)20/h5-13,20-21,26H,1-4H3. The van der Waals surface area contributed by atoms with Crippen LogP contribution in [0.25, 0.3) is 17.0 Å². The monoisotopic (exact) mass is 385 g/mol. The Hall–Kier alpha value is -2.50. The second-order valence-corrected chi connectivity index (χ2v) is 9.30. The van der Waals surface area contributed by atoms with Gasteiger partial charge in [0, 0.05) is 16.6 Å². The van der Waals surface area contributed by atoms with Crippen LogP contribution in [0.1, 0.15) is 50.5 Å². The summed E-state index contributed by atoms with van der Waals surface area (Å²) in [5.41, 5.74) is 4.86. The Kier molecular flexibility index (Phi) is 3.33. The maximum absolute atomic E-state index is 6.45. The predicted molar refractivity (Wildman–Crippen MR) is 116 cm³/mol. The Morgan fingerprint density at radius 2 is 1.59 bits per heavy atom. The first-order valence-electron chi connectivity index (χ1n) is 10.3. The van der Waals surface area contributed by atoms with Gasteiger partial charge in [-0.1, -0.05) is 42.5 Å². The topological polar surface area (TPSA) is 43.6 Å². The van der Waals surface area contributed by atoms with E-state index in [2.05, 4.69) is 75.5 Å². The molecule has 3 heterocycles. The molecule has 1 fully saturated rings. The molecule has 0 bridgehead atoms. The predicted octanol–water partition coefficient (Wildman–Crippen LogP) is 5.39. The highest BCUT2D eigenvalue weighted by Crippen LogP contribution is 2.51. The molecular formula is C24H24BNO3. The number of furan rings is 1. The van der Waals surface area contributed by atoms with Crippen molar-refractivity contribution in [2.75, 3.05) is 5.32 Å². The summed E-state index contributed by atoms with van der Waals surface area (Å²) in [6.45, 7) is 8.40. The normalized spacial score (nSPS) is 25.9. The quantitative estimate of drug-likeness (QED) is 0.571. The Morgan fingerprint density at radius 1 is 0.897 bits per heavy atom. The highest BCUT2D eigenvalue weighted by atomic mass is 16.7. The van der Waals surface area contributed by atoms with Gasteiger partial charge in [0.2, 0.25) is 0 Å². The van der Waals surface area contributed by atoms with E-state index in [0.29, 0.717) is 0 Å². The summed E-state index contributed by atoms with van der Waals surface area (Å²) in [5, 5.41) is 4.85. The maximum atomic E-state index is 6.45. The molecule has 0 amide bonds. The van der Waals surface area contributed by atoms with Gasteiger partial charge in [-0.15, -0.1) is 0 Å². The minimum absolute atomic E-state index is 0.0511. The molecular weight excluding hydrogens is 361 g/mol. The molecule has 0 spiro atoms. The van der Waals surface area contributed by atoms with Crippen molar-refractivity contribution < 1.29 is 13.7 Å². The third-order valence-electron chi connectivity index (χ3n) is 7.08. The minimum atomic E-state index is -0.392. The first-order chi connectivity index (χ1) is 13.9. The van der Waals surface area contributed by atoms with Crippen LogP contribution in [0.5, 0.6) is 0 Å². The second kappa shape index (κ2) is 5.56. The molecule has 4 nitrogen and oxygen atoms in total. The molecule has 29 heavy (non-hydrogen) atoms. The van der Waals surface area contributed by atoms with Crippen LogP contribution in [-0.4, -0.2) is 24.4 Å². The highest BCUT2D eigenvalue weighted by Gasteiger charge is 2.56. The number of benzene rings is 2. The van der Waals surface area contributed by atoms with Crippen molar-refractivity contribution in [3.05, 3.63) is 70.9 Å². The van der Waals surface area contributed by atoms with E-state index in [1.165, 1.54) is 5.56 Å². The highest BCUT2D eigenvalue weighted by molar-refractivity contribution is 6.56. The maximum Gasteiger partial charge on any atom is 0.492 e. The van der Waals surface area contributed by atoms with Crippen LogP contribution in [0.4, 0.5) is 5.69 Å². The van der Waals surface area contributed by atoms with Gasteiger partial charge in [-0.05, 0) is 50.9 Å². The van der Waals surface area contributed by atoms with Crippen molar-refractivity contribution in [2.24, 2.45) is 0 Å². The van der Waals surface area contributed by atoms with E-state index in [-0.39, 0.29) is 23.2 Å². The summed E-state index contributed by atoms with van der Waals surface area (Å²) < 4.78 is 19.3. The zero-order chi connectivity index (χ0) is 20.0. The van der Waals surface area contributed by atoms with E-state index in [4.69, 9.17) is 13.7 Å². The van der Waals surface area contributed by atoms with Crippen molar-refractivity contribution in [2.45, 2.75) is 50.9 Å². The molecule has 1 aliphatic carbocycles. The molecule has 2 unspecified atom stereocenters. The van der Waals surface area contributed by atoms with Gasteiger partial charge in [-0.3, -0.25) is 0 Å². The van der Waals surface area contributed by atoms with E-state index < -0.39 is 7.12 Å². The largest absolute Gasteiger partial charge is 0.492 e.